The van der Waals surface area contributed by atoms with Crippen LogP contribution in [0.4, 0.5) is 0 Å². The molecule has 0 bridgehead atoms. The number of aliphatic imine (C=N–C) groups is 1. The number of dihydropyridines is 1. The highest BCUT2D eigenvalue weighted by Gasteiger charge is 2.17. The van der Waals surface area contributed by atoms with Crippen molar-refractivity contribution in [1.29, 1.82) is 0 Å². The van der Waals surface area contributed by atoms with Gasteiger partial charge in [-0.05, 0) is 43.8 Å². The Morgan fingerprint density at radius 3 is 2.75 bits per heavy atom. The number of hydrogen-bond acceptors (Lipinski definition) is 1. The zero-order valence-electron chi connectivity index (χ0n) is 10.5. The van der Waals surface area contributed by atoms with Gasteiger partial charge in [-0.3, -0.25) is 4.99 Å². The monoisotopic (exact) mass is 215 g/mol. The first-order valence-corrected chi connectivity index (χ1v) is 6.35. The fraction of sp³-hybridized carbons (Fsp3) is 0.533. The molecule has 16 heavy (non-hydrogen) atoms. The standard InChI is InChI=1S/C15H21N/c1-4-13-8-9-14(10-11(13)2)15-7-5-6-12(3)16-15/h5,7-9,11-12H,4,6,10H2,1-3H3. The van der Waals surface area contributed by atoms with Gasteiger partial charge in [0.05, 0.1) is 11.8 Å². The van der Waals surface area contributed by atoms with Crippen molar-refractivity contribution in [3.8, 4) is 0 Å². The SMILES string of the molecule is CCC1=CC=C(C2=NC(C)CC=C2)CC1C. The highest BCUT2D eigenvalue weighted by molar-refractivity contribution is 6.09. The minimum Gasteiger partial charge on any atom is -0.282 e. The molecule has 0 aromatic carbocycles. The normalized spacial score (nSPS) is 29.6. The Morgan fingerprint density at radius 1 is 1.31 bits per heavy atom. The summed E-state index contributed by atoms with van der Waals surface area (Å²) in [6, 6.07) is 0.452. The Bertz CT molecular complexity index is 382. The number of hydrogen-bond donors (Lipinski definition) is 0. The smallest absolute Gasteiger partial charge is 0.0606 e. The Kier molecular flexibility index (Phi) is 3.42. The second-order valence-corrected chi connectivity index (χ2v) is 4.89. The van der Waals surface area contributed by atoms with Gasteiger partial charge in [-0.1, -0.05) is 37.6 Å². The molecule has 86 valence electrons. The molecule has 0 spiro atoms. The van der Waals surface area contributed by atoms with Gasteiger partial charge in [0.1, 0.15) is 0 Å². The van der Waals surface area contributed by atoms with E-state index in [9.17, 15) is 0 Å². The maximum Gasteiger partial charge on any atom is 0.0606 e. The molecule has 1 nitrogen and oxygen atoms in total. The van der Waals surface area contributed by atoms with E-state index in [2.05, 4.69) is 45.1 Å². The third-order valence-electron chi connectivity index (χ3n) is 3.51. The Labute approximate surface area is 98.7 Å². The highest BCUT2D eigenvalue weighted by Crippen LogP contribution is 2.28. The van der Waals surface area contributed by atoms with Crippen LogP contribution in [0.15, 0.2) is 40.4 Å². The summed E-state index contributed by atoms with van der Waals surface area (Å²) in [5.74, 6) is 0.679. The zero-order chi connectivity index (χ0) is 11.5. The largest absolute Gasteiger partial charge is 0.282 e. The molecular weight excluding hydrogens is 194 g/mol. The minimum atomic E-state index is 0.452. The van der Waals surface area contributed by atoms with Gasteiger partial charge in [-0.25, -0.2) is 0 Å². The summed E-state index contributed by atoms with van der Waals surface area (Å²) in [7, 11) is 0. The van der Waals surface area contributed by atoms with Crippen molar-refractivity contribution >= 4 is 5.71 Å². The van der Waals surface area contributed by atoms with E-state index in [0.717, 1.165) is 12.8 Å². The first-order chi connectivity index (χ1) is 7.70. The van der Waals surface area contributed by atoms with Crippen LogP contribution in [-0.2, 0) is 0 Å². The van der Waals surface area contributed by atoms with Crippen LogP contribution in [-0.4, -0.2) is 11.8 Å². The topological polar surface area (TPSA) is 12.4 Å². The molecule has 0 aromatic rings. The summed E-state index contributed by atoms with van der Waals surface area (Å²) in [6.07, 6.45) is 12.4. The van der Waals surface area contributed by atoms with E-state index >= 15 is 0 Å². The molecule has 0 N–H and O–H groups in total. The molecule has 0 aromatic heterocycles. The van der Waals surface area contributed by atoms with Crippen molar-refractivity contribution in [3.63, 3.8) is 0 Å². The first kappa shape index (κ1) is 11.4. The molecule has 2 unspecified atom stereocenters. The summed E-state index contributed by atoms with van der Waals surface area (Å²) in [4.78, 5) is 4.72. The Balaban J connectivity index is 2.21. The number of nitrogens with zero attached hydrogens (tertiary/aromatic N) is 1. The average Bonchev–Trinajstić information content (AvgIpc) is 2.29. The van der Waals surface area contributed by atoms with Gasteiger partial charge in [0.25, 0.3) is 0 Å². The second kappa shape index (κ2) is 4.82. The fourth-order valence-corrected chi connectivity index (χ4v) is 2.46. The lowest BCUT2D eigenvalue weighted by Gasteiger charge is -2.22. The molecule has 1 heterocycles. The lowest BCUT2D eigenvalue weighted by molar-refractivity contribution is 0.648. The lowest BCUT2D eigenvalue weighted by Crippen LogP contribution is -2.14. The van der Waals surface area contributed by atoms with Crippen LogP contribution in [0.5, 0.6) is 0 Å². The van der Waals surface area contributed by atoms with Gasteiger partial charge < -0.3 is 0 Å². The summed E-state index contributed by atoms with van der Waals surface area (Å²) in [6.45, 7) is 6.74. The summed E-state index contributed by atoms with van der Waals surface area (Å²) >= 11 is 0. The summed E-state index contributed by atoms with van der Waals surface area (Å²) in [5, 5.41) is 0. The molecular formula is C15H21N. The zero-order valence-corrected chi connectivity index (χ0v) is 10.5. The molecule has 0 radical (unpaired) electrons. The lowest BCUT2D eigenvalue weighted by atomic mass is 9.85. The summed E-state index contributed by atoms with van der Waals surface area (Å²) in [5.41, 5.74) is 4.18. The predicted octanol–water partition coefficient (Wildman–Crippen LogP) is 4.08. The van der Waals surface area contributed by atoms with E-state index in [4.69, 9.17) is 4.99 Å². The minimum absolute atomic E-state index is 0.452. The van der Waals surface area contributed by atoms with Crippen LogP contribution in [0.1, 0.15) is 40.0 Å². The van der Waals surface area contributed by atoms with Crippen molar-refractivity contribution < 1.29 is 0 Å². The molecule has 2 atom stereocenters. The van der Waals surface area contributed by atoms with Crippen LogP contribution in [0.2, 0.25) is 0 Å². The number of rotatable bonds is 2. The molecule has 0 amide bonds. The molecule has 1 heteroatoms. The molecule has 1 aliphatic carbocycles. The van der Waals surface area contributed by atoms with E-state index in [0.29, 0.717) is 12.0 Å². The summed E-state index contributed by atoms with van der Waals surface area (Å²) < 4.78 is 0. The Morgan fingerprint density at radius 2 is 2.12 bits per heavy atom. The van der Waals surface area contributed by atoms with Gasteiger partial charge in [0.15, 0.2) is 0 Å². The van der Waals surface area contributed by atoms with Crippen molar-refractivity contribution in [3.05, 3.63) is 35.5 Å². The van der Waals surface area contributed by atoms with Crippen LogP contribution in [0.3, 0.4) is 0 Å². The maximum absolute atomic E-state index is 4.72. The van der Waals surface area contributed by atoms with Gasteiger partial charge >= 0.3 is 0 Å². The third-order valence-corrected chi connectivity index (χ3v) is 3.51. The molecule has 2 rings (SSSR count). The number of allylic oxidation sites excluding steroid dienone is 5. The first-order valence-electron chi connectivity index (χ1n) is 6.35. The predicted molar refractivity (Wildman–Crippen MR) is 70.9 cm³/mol. The fourth-order valence-electron chi connectivity index (χ4n) is 2.46. The maximum atomic E-state index is 4.72. The van der Waals surface area contributed by atoms with E-state index in [1.165, 1.54) is 17.7 Å². The van der Waals surface area contributed by atoms with Gasteiger partial charge in [-0.2, -0.15) is 0 Å². The molecule has 2 aliphatic rings. The highest BCUT2D eigenvalue weighted by atomic mass is 14.8. The van der Waals surface area contributed by atoms with Crippen LogP contribution in [0.25, 0.3) is 0 Å². The molecule has 0 saturated carbocycles. The third kappa shape index (κ3) is 2.34. The van der Waals surface area contributed by atoms with Crippen LogP contribution < -0.4 is 0 Å². The van der Waals surface area contributed by atoms with E-state index in [-0.39, 0.29) is 0 Å². The molecule has 1 aliphatic heterocycles. The van der Waals surface area contributed by atoms with Crippen molar-refractivity contribution in [1.82, 2.24) is 0 Å². The van der Waals surface area contributed by atoms with E-state index < -0.39 is 0 Å². The Hall–Kier alpha value is -1.11. The molecule has 0 saturated heterocycles. The van der Waals surface area contributed by atoms with Gasteiger partial charge in [-0.15, -0.1) is 0 Å². The van der Waals surface area contributed by atoms with Crippen LogP contribution in [0, 0.1) is 5.92 Å². The van der Waals surface area contributed by atoms with Gasteiger partial charge in [0.2, 0.25) is 0 Å². The second-order valence-electron chi connectivity index (χ2n) is 4.89. The van der Waals surface area contributed by atoms with Crippen molar-refractivity contribution in [2.24, 2.45) is 10.9 Å². The van der Waals surface area contributed by atoms with E-state index in [1.807, 2.05) is 0 Å². The average molecular weight is 215 g/mol. The van der Waals surface area contributed by atoms with Crippen molar-refractivity contribution in [2.45, 2.75) is 46.1 Å². The quantitative estimate of drug-likeness (QED) is 0.658. The van der Waals surface area contributed by atoms with Gasteiger partial charge in [0, 0.05) is 0 Å². The van der Waals surface area contributed by atoms with E-state index in [1.54, 1.807) is 5.57 Å². The van der Waals surface area contributed by atoms with Crippen molar-refractivity contribution in [2.75, 3.05) is 0 Å². The molecule has 0 fully saturated rings. The van der Waals surface area contributed by atoms with Crippen LogP contribution >= 0.6 is 0 Å².